The van der Waals surface area contributed by atoms with Gasteiger partial charge < -0.3 is 9.88 Å². The van der Waals surface area contributed by atoms with Crippen molar-refractivity contribution in [2.24, 2.45) is 7.05 Å². The summed E-state index contributed by atoms with van der Waals surface area (Å²) >= 11 is 0. The molecule has 0 spiro atoms. The lowest BCUT2D eigenvalue weighted by Crippen LogP contribution is -2.16. The first-order valence-electron chi connectivity index (χ1n) is 6.47. The second kappa shape index (κ2) is 6.35. The van der Waals surface area contributed by atoms with E-state index in [1.807, 2.05) is 30.5 Å². The first-order valence-corrected chi connectivity index (χ1v) is 6.47. The maximum absolute atomic E-state index is 4.43. The zero-order valence-corrected chi connectivity index (χ0v) is 11.1. The minimum Gasteiger partial charge on any atom is -0.337 e. The smallest absolute Gasteiger partial charge is 0.0945 e. The van der Waals surface area contributed by atoms with Crippen LogP contribution in [0.1, 0.15) is 24.6 Å². The lowest BCUT2D eigenvalue weighted by molar-refractivity contribution is 0.579. The van der Waals surface area contributed by atoms with Crippen molar-refractivity contribution >= 4 is 0 Å². The molecule has 2 rings (SSSR count). The van der Waals surface area contributed by atoms with Gasteiger partial charge in [-0.3, -0.25) is 4.68 Å². The van der Waals surface area contributed by atoms with Gasteiger partial charge in [0, 0.05) is 44.3 Å². The second-order valence-corrected chi connectivity index (χ2v) is 4.46. The molecule has 0 radical (unpaired) electrons. The number of hydrogen-bond donors (Lipinski definition) is 1. The van der Waals surface area contributed by atoms with Crippen molar-refractivity contribution in [2.45, 2.75) is 32.9 Å². The average molecular weight is 247 g/mol. The largest absolute Gasteiger partial charge is 0.337 e. The molecule has 0 atom stereocenters. The summed E-state index contributed by atoms with van der Waals surface area (Å²) in [6.45, 7) is 5.07. The fourth-order valence-corrected chi connectivity index (χ4v) is 2.06. The second-order valence-electron chi connectivity index (χ2n) is 4.46. The van der Waals surface area contributed by atoms with Crippen molar-refractivity contribution < 1.29 is 0 Å². The number of aryl methyl sites for hydroxylation is 3. The summed E-state index contributed by atoms with van der Waals surface area (Å²) in [6.07, 6.45) is 9.87. The van der Waals surface area contributed by atoms with Gasteiger partial charge in [-0.15, -0.1) is 0 Å². The lowest BCUT2D eigenvalue weighted by atomic mass is 10.2. The van der Waals surface area contributed by atoms with Gasteiger partial charge in [-0.2, -0.15) is 5.10 Å². The van der Waals surface area contributed by atoms with Crippen LogP contribution in [0.5, 0.6) is 0 Å². The van der Waals surface area contributed by atoms with Gasteiger partial charge in [0.2, 0.25) is 0 Å². The van der Waals surface area contributed by atoms with E-state index >= 15 is 0 Å². The number of nitrogens with one attached hydrogen (secondary N) is 1. The van der Waals surface area contributed by atoms with Gasteiger partial charge in [-0.1, -0.05) is 6.92 Å². The van der Waals surface area contributed by atoms with Crippen LogP contribution in [0.4, 0.5) is 0 Å². The van der Waals surface area contributed by atoms with Crippen molar-refractivity contribution in [1.29, 1.82) is 0 Å². The van der Waals surface area contributed by atoms with E-state index in [2.05, 4.69) is 33.1 Å². The Balaban J connectivity index is 1.68. The predicted octanol–water partition coefficient (Wildman–Crippen LogP) is 1.36. The maximum atomic E-state index is 4.43. The Morgan fingerprint density at radius 1 is 1.39 bits per heavy atom. The summed E-state index contributed by atoms with van der Waals surface area (Å²) in [5, 5.41) is 7.90. The van der Waals surface area contributed by atoms with Crippen molar-refractivity contribution in [3.63, 3.8) is 0 Å². The molecule has 0 aromatic carbocycles. The molecule has 0 saturated heterocycles. The van der Waals surface area contributed by atoms with E-state index in [1.54, 1.807) is 0 Å². The molecule has 0 unspecified atom stereocenters. The summed E-state index contributed by atoms with van der Waals surface area (Å²) < 4.78 is 3.99. The molecule has 5 nitrogen and oxygen atoms in total. The molecule has 0 bridgehead atoms. The summed E-state index contributed by atoms with van der Waals surface area (Å²) in [5.41, 5.74) is 2.50. The van der Waals surface area contributed by atoms with E-state index in [1.165, 1.54) is 11.3 Å². The number of nitrogens with zero attached hydrogens (tertiary/aromatic N) is 4. The van der Waals surface area contributed by atoms with Gasteiger partial charge in [0.15, 0.2) is 0 Å². The van der Waals surface area contributed by atoms with Crippen LogP contribution in [0.3, 0.4) is 0 Å². The number of rotatable bonds is 7. The molecule has 0 amide bonds. The Bertz CT molecular complexity index is 458. The molecule has 5 heteroatoms. The molecule has 2 aromatic rings. The molecule has 2 heterocycles. The first kappa shape index (κ1) is 12.8. The molecule has 18 heavy (non-hydrogen) atoms. The lowest BCUT2D eigenvalue weighted by Gasteiger charge is -2.05. The Morgan fingerprint density at radius 2 is 2.28 bits per heavy atom. The number of imidazole rings is 1. The summed E-state index contributed by atoms with van der Waals surface area (Å²) in [7, 11) is 1.97. The van der Waals surface area contributed by atoms with Crippen LogP contribution < -0.4 is 5.32 Å². The third-order valence-corrected chi connectivity index (χ3v) is 2.97. The summed E-state index contributed by atoms with van der Waals surface area (Å²) in [6, 6.07) is 0. The molecule has 2 aromatic heterocycles. The minimum absolute atomic E-state index is 0.904. The number of aromatic nitrogens is 4. The average Bonchev–Trinajstić information content (AvgIpc) is 2.98. The van der Waals surface area contributed by atoms with Gasteiger partial charge in [-0.05, 0) is 19.4 Å². The molecule has 0 aliphatic heterocycles. The highest BCUT2D eigenvalue weighted by Crippen LogP contribution is 2.06. The molecule has 0 saturated carbocycles. The van der Waals surface area contributed by atoms with Crippen LogP contribution in [0.25, 0.3) is 0 Å². The molecule has 98 valence electrons. The normalized spacial score (nSPS) is 11.0. The Morgan fingerprint density at radius 3 is 3.00 bits per heavy atom. The molecular formula is C13H21N5. The van der Waals surface area contributed by atoms with E-state index in [4.69, 9.17) is 0 Å². The molecule has 0 aliphatic carbocycles. The van der Waals surface area contributed by atoms with E-state index in [-0.39, 0.29) is 0 Å². The Hall–Kier alpha value is -1.62. The van der Waals surface area contributed by atoms with Crippen LogP contribution >= 0.6 is 0 Å². The zero-order valence-electron chi connectivity index (χ0n) is 11.1. The third kappa shape index (κ3) is 3.43. The minimum atomic E-state index is 0.904. The zero-order chi connectivity index (χ0) is 12.8. The van der Waals surface area contributed by atoms with E-state index in [0.717, 1.165) is 32.5 Å². The summed E-state index contributed by atoms with van der Waals surface area (Å²) in [5.74, 6) is 0. The van der Waals surface area contributed by atoms with E-state index in [0.29, 0.717) is 0 Å². The van der Waals surface area contributed by atoms with Crippen LogP contribution in [0.15, 0.2) is 24.9 Å². The first-order chi connectivity index (χ1) is 8.79. The monoisotopic (exact) mass is 247 g/mol. The fourth-order valence-electron chi connectivity index (χ4n) is 2.06. The van der Waals surface area contributed by atoms with E-state index in [9.17, 15) is 0 Å². The van der Waals surface area contributed by atoms with Crippen LogP contribution in [-0.2, 0) is 26.6 Å². The highest BCUT2D eigenvalue weighted by molar-refractivity contribution is 5.16. The topological polar surface area (TPSA) is 47.7 Å². The summed E-state index contributed by atoms with van der Waals surface area (Å²) in [4.78, 5) is 4.03. The predicted molar refractivity (Wildman–Crippen MR) is 71.1 cm³/mol. The number of hydrogen-bond acceptors (Lipinski definition) is 3. The Kier molecular flexibility index (Phi) is 4.52. The van der Waals surface area contributed by atoms with E-state index < -0.39 is 0 Å². The highest BCUT2D eigenvalue weighted by atomic mass is 15.3. The fraction of sp³-hybridized carbons (Fsp3) is 0.538. The van der Waals surface area contributed by atoms with Gasteiger partial charge >= 0.3 is 0 Å². The van der Waals surface area contributed by atoms with Crippen LogP contribution in [-0.4, -0.2) is 25.9 Å². The molecular weight excluding hydrogens is 226 g/mol. The molecule has 1 N–H and O–H groups in total. The third-order valence-electron chi connectivity index (χ3n) is 2.97. The van der Waals surface area contributed by atoms with Crippen molar-refractivity contribution in [2.75, 3.05) is 6.54 Å². The van der Waals surface area contributed by atoms with Crippen molar-refractivity contribution in [3.8, 4) is 0 Å². The van der Waals surface area contributed by atoms with Crippen molar-refractivity contribution in [3.05, 3.63) is 36.2 Å². The van der Waals surface area contributed by atoms with Gasteiger partial charge in [0.25, 0.3) is 0 Å². The van der Waals surface area contributed by atoms with Gasteiger partial charge in [0.05, 0.1) is 12.0 Å². The SMILES string of the molecule is CCc1nn(C)cc1CNCCCn1ccnc1. The van der Waals surface area contributed by atoms with Crippen LogP contribution in [0.2, 0.25) is 0 Å². The Labute approximate surface area is 108 Å². The van der Waals surface area contributed by atoms with Crippen LogP contribution in [0, 0.1) is 0 Å². The van der Waals surface area contributed by atoms with Gasteiger partial charge in [-0.25, -0.2) is 4.98 Å². The standard InChI is InChI=1S/C13H21N5/c1-3-13-12(10-17(2)16-13)9-14-5-4-7-18-8-6-15-11-18/h6,8,10-11,14H,3-5,7,9H2,1-2H3. The maximum Gasteiger partial charge on any atom is 0.0945 e. The highest BCUT2D eigenvalue weighted by Gasteiger charge is 2.04. The van der Waals surface area contributed by atoms with Crippen molar-refractivity contribution in [1.82, 2.24) is 24.6 Å². The van der Waals surface area contributed by atoms with Gasteiger partial charge in [0.1, 0.15) is 0 Å². The molecule has 0 fully saturated rings. The molecule has 0 aliphatic rings. The quantitative estimate of drug-likeness (QED) is 0.752.